The molecule has 128 valence electrons. The number of hydrogen-bond donors (Lipinski definition) is 2. The zero-order chi connectivity index (χ0) is 17.5. The first-order valence-electron chi connectivity index (χ1n) is 8.15. The molecule has 0 fully saturated rings. The van der Waals surface area contributed by atoms with Gasteiger partial charge in [-0.15, -0.1) is 0 Å². The number of carboxylic acids is 1. The van der Waals surface area contributed by atoms with Gasteiger partial charge in [0.2, 0.25) is 0 Å². The fourth-order valence-electron chi connectivity index (χ4n) is 2.33. The van der Waals surface area contributed by atoms with Gasteiger partial charge in [0, 0.05) is 25.8 Å². The molecule has 0 radical (unpaired) electrons. The van der Waals surface area contributed by atoms with Crippen molar-refractivity contribution in [2.75, 3.05) is 11.9 Å². The van der Waals surface area contributed by atoms with E-state index >= 15 is 0 Å². The van der Waals surface area contributed by atoms with Crippen molar-refractivity contribution in [1.82, 2.24) is 10.3 Å². The molecule has 0 spiro atoms. The molecule has 0 aliphatic heterocycles. The maximum atomic E-state index is 11.5. The molecular formula is C19H25N3O2. The van der Waals surface area contributed by atoms with Gasteiger partial charge in [-0.3, -0.25) is 10.1 Å². The number of anilines is 1. The predicted octanol–water partition coefficient (Wildman–Crippen LogP) is 2.71. The first-order valence-corrected chi connectivity index (χ1v) is 8.15. The van der Waals surface area contributed by atoms with Gasteiger partial charge < -0.3 is 10.0 Å². The average molecular weight is 327 g/mol. The first kappa shape index (κ1) is 17.9. The molecule has 1 atom stereocenters. The summed E-state index contributed by atoms with van der Waals surface area (Å²) >= 11 is 0. The summed E-state index contributed by atoms with van der Waals surface area (Å²) in [6.45, 7) is 4.69. The molecule has 2 N–H and O–H groups in total. The van der Waals surface area contributed by atoms with Crippen LogP contribution in [-0.2, 0) is 17.8 Å². The van der Waals surface area contributed by atoms with E-state index in [2.05, 4.69) is 29.0 Å². The second-order valence-corrected chi connectivity index (χ2v) is 6.19. The van der Waals surface area contributed by atoms with Gasteiger partial charge in [0.15, 0.2) is 0 Å². The molecular weight excluding hydrogens is 302 g/mol. The molecule has 0 amide bonds. The van der Waals surface area contributed by atoms with E-state index in [1.54, 1.807) is 6.20 Å². The lowest BCUT2D eigenvalue weighted by atomic mass is 10.1. The molecule has 1 aromatic carbocycles. The van der Waals surface area contributed by atoms with Gasteiger partial charge in [-0.25, -0.2) is 4.98 Å². The standard InChI is InChI=1S/C19H25N3O2/c1-14(2)22(3)18-10-9-16(13-21-18)12-20-17(19(23)24)11-15-7-5-4-6-8-15/h4-10,13-14,17,20H,11-12H2,1-3H3,(H,23,24)/t17-/m0/s1. The van der Waals surface area contributed by atoms with Gasteiger partial charge in [-0.2, -0.15) is 0 Å². The Hall–Kier alpha value is -2.40. The van der Waals surface area contributed by atoms with Crippen molar-refractivity contribution in [2.45, 2.75) is 38.9 Å². The number of benzene rings is 1. The maximum Gasteiger partial charge on any atom is 0.321 e. The summed E-state index contributed by atoms with van der Waals surface area (Å²) in [7, 11) is 2.01. The maximum absolute atomic E-state index is 11.5. The molecule has 0 aliphatic rings. The van der Waals surface area contributed by atoms with Gasteiger partial charge in [0.05, 0.1) is 0 Å². The highest BCUT2D eigenvalue weighted by Gasteiger charge is 2.17. The number of rotatable bonds is 8. The van der Waals surface area contributed by atoms with Crippen LogP contribution in [0.25, 0.3) is 0 Å². The third-order valence-corrected chi connectivity index (χ3v) is 4.08. The van der Waals surface area contributed by atoms with Crippen molar-refractivity contribution in [3.05, 3.63) is 59.8 Å². The highest BCUT2D eigenvalue weighted by Crippen LogP contribution is 2.12. The van der Waals surface area contributed by atoms with Crippen LogP contribution in [-0.4, -0.2) is 35.2 Å². The summed E-state index contributed by atoms with van der Waals surface area (Å²) in [6.07, 6.45) is 2.25. The molecule has 0 saturated carbocycles. The summed E-state index contributed by atoms with van der Waals surface area (Å²) in [5, 5.41) is 12.5. The number of aromatic nitrogens is 1. The molecule has 5 nitrogen and oxygen atoms in total. The third kappa shape index (κ3) is 5.06. The van der Waals surface area contributed by atoms with Crippen LogP contribution in [0.1, 0.15) is 25.0 Å². The fourth-order valence-corrected chi connectivity index (χ4v) is 2.33. The quantitative estimate of drug-likeness (QED) is 0.780. The van der Waals surface area contributed by atoms with E-state index in [1.165, 1.54) is 0 Å². The second kappa shape index (κ2) is 8.45. The summed E-state index contributed by atoms with van der Waals surface area (Å²) in [5.41, 5.74) is 1.97. The van der Waals surface area contributed by atoms with Crippen LogP contribution in [0, 0.1) is 0 Å². The lowest BCUT2D eigenvalue weighted by Crippen LogP contribution is -2.38. The number of carbonyl (C=O) groups is 1. The minimum absolute atomic E-state index is 0.378. The van der Waals surface area contributed by atoms with Crippen molar-refractivity contribution in [1.29, 1.82) is 0 Å². The Labute approximate surface area is 143 Å². The lowest BCUT2D eigenvalue weighted by molar-refractivity contribution is -0.139. The topological polar surface area (TPSA) is 65.5 Å². The highest BCUT2D eigenvalue weighted by molar-refractivity contribution is 5.73. The monoisotopic (exact) mass is 327 g/mol. The summed E-state index contributed by atoms with van der Waals surface area (Å²) in [5.74, 6) is 0.0655. The average Bonchev–Trinajstić information content (AvgIpc) is 2.59. The van der Waals surface area contributed by atoms with E-state index in [4.69, 9.17) is 0 Å². The lowest BCUT2D eigenvalue weighted by Gasteiger charge is -2.22. The van der Waals surface area contributed by atoms with Gasteiger partial charge in [-0.05, 0) is 37.5 Å². The van der Waals surface area contributed by atoms with E-state index in [0.29, 0.717) is 19.0 Å². The number of carboxylic acid groups (broad SMARTS) is 1. The van der Waals surface area contributed by atoms with Crippen molar-refractivity contribution >= 4 is 11.8 Å². The summed E-state index contributed by atoms with van der Waals surface area (Å²) in [4.78, 5) is 18.0. The molecule has 0 aliphatic carbocycles. The van der Waals surface area contributed by atoms with Gasteiger partial charge >= 0.3 is 5.97 Å². The highest BCUT2D eigenvalue weighted by atomic mass is 16.4. The Bertz CT molecular complexity index is 641. The number of aliphatic carboxylic acids is 1. The largest absolute Gasteiger partial charge is 0.480 e. The van der Waals surface area contributed by atoms with Crippen molar-refractivity contribution in [3.63, 3.8) is 0 Å². The fraction of sp³-hybridized carbons (Fsp3) is 0.368. The zero-order valence-electron chi connectivity index (χ0n) is 14.4. The van der Waals surface area contributed by atoms with Crippen molar-refractivity contribution in [2.24, 2.45) is 0 Å². The molecule has 1 heterocycles. The molecule has 2 rings (SSSR count). The minimum Gasteiger partial charge on any atom is -0.480 e. The van der Waals surface area contributed by atoms with E-state index < -0.39 is 12.0 Å². The Kier molecular flexibility index (Phi) is 6.32. The molecule has 2 aromatic rings. The smallest absolute Gasteiger partial charge is 0.321 e. The zero-order valence-corrected chi connectivity index (χ0v) is 14.4. The SMILES string of the molecule is CC(C)N(C)c1ccc(CN[C@@H](Cc2ccccc2)C(=O)O)cn1. The summed E-state index contributed by atoms with van der Waals surface area (Å²) < 4.78 is 0. The van der Waals surface area contributed by atoms with Gasteiger partial charge in [-0.1, -0.05) is 36.4 Å². The van der Waals surface area contributed by atoms with Crippen LogP contribution < -0.4 is 10.2 Å². The summed E-state index contributed by atoms with van der Waals surface area (Å²) in [6, 6.07) is 13.3. The Morgan fingerprint density at radius 2 is 1.88 bits per heavy atom. The molecule has 0 bridgehead atoms. The second-order valence-electron chi connectivity index (χ2n) is 6.19. The normalized spacial score (nSPS) is 12.2. The van der Waals surface area contributed by atoms with E-state index in [1.807, 2.05) is 49.5 Å². The predicted molar refractivity (Wildman–Crippen MR) is 96.2 cm³/mol. The number of pyridine rings is 1. The van der Waals surface area contributed by atoms with Crippen LogP contribution in [0.5, 0.6) is 0 Å². The molecule has 5 heteroatoms. The van der Waals surface area contributed by atoms with E-state index in [-0.39, 0.29) is 0 Å². The van der Waals surface area contributed by atoms with Crippen LogP contribution in [0.4, 0.5) is 5.82 Å². The van der Waals surface area contributed by atoms with Gasteiger partial charge in [0.25, 0.3) is 0 Å². The minimum atomic E-state index is -0.844. The van der Waals surface area contributed by atoms with Crippen molar-refractivity contribution in [3.8, 4) is 0 Å². The van der Waals surface area contributed by atoms with Crippen LogP contribution in [0.2, 0.25) is 0 Å². The Morgan fingerprint density at radius 3 is 2.42 bits per heavy atom. The Morgan fingerprint density at radius 1 is 1.17 bits per heavy atom. The Balaban J connectivity index is 1.95. The molecule has 24 heavy (non-hydrogen) atoms. The molecule has 1 aromatic heterocycles. The first-order chi connectivity index (χ1) is 11.5. The van der Waals surface area contributed by atoms with Crippen LogP contribution in [0.3, 0.4) is 0 Å². The van der Waals surface area contributed by atoms with Crippen LogP contribution in [0.15, 0.2) is 48.7 Å². The molecule has 0 saturated heterocycles. The number of nitrogens with zero attached hydrogens (tertiary/aromatic N) is 2. The molecule has 0 unspecified atom stereocenters. The number of hydrogen-bond acceptors (Lipinski definition) is 4. The van der Waals surface area contributed by atoms with Crippen LogP contribution >= 0.6 is 0 Å². The van der Waals surface area contributed by atoms with E-state index in [0.717, 1.165) is 16.9 Å². The number of nitrogens with one attached hydrogen (secondary N) is 1. The van der Waals surface area contributed by atoms with Gasteiger partial charge in [0.1, 0.15) is 11.9 Å². The third-order valence-electron chi connectivity index (χ3n) is 4.08. The van der Waals surface area contributed by atoms with Crippen molar-refractivity contribution < 1.29 is 9.90 Å². The van der Waals surface area contributed by atoms with E-state index in [9.17, 15) is 9.90 Å².